The summed E-state index contributed by atoms with van der Waals surface area (Å²) in [6.45, 7) is 0.791. The molecule has 0 bridgehead atoms. The highest BCUT2D eigenvalue weighted by Gasteiger charge is 2.18. The zero-order valence-electron chi connectivity index (χ0n) is 8.32. The van der Waals surface area contributed by atoms with Crippen LogP contribution in [0, 0.1) is 0 Å². The van der Waals surface area contributed by atoms with Gasteiger partial charge < -0.3 is 9.57 Å². The second kappa shape index (κ2) is 4.44. The summed E-state index contributed by atoms with van der Waals surface area (Å²) in [5, 5.41) is 0. The van der Waals surface area contributed by atoms with Crippen molar-refractivity contribution in [3.05, 3.63) is 29.8 Å². The standard InChI is InChI=1S/C11H15NO2/c1-13-12-10-6-4-8-14-11-7-3-2-5-9(10)11/h2-3,5,7,10,12H,4,6,8H2,1H3/t10-/m1/s1. The van der Waals surface area contributed by atoms with Gasteiger partial charge in [-0.05, 0) is 18.9 Å². The lowest BCUT2D eigenvalue weighted by molar-refractivity contribution is 0.0580. The molecule has 1 aromatic rings. The molecule has 1 atom stereocenters. The minimum atomic E-state index is 0.249. The Bertz CT molecular complexity index is 301. The Kier molecular flexibility index (Phi) is 3.01. The van der Waals surface area contributed by atoms with E-state index in [2.05, 4.69) is 11.5 Å². The molecule has 0 aliphatic carbocycles. The molecule has 1 heterocycles. The van der Waals surface area contributed by atoms with Gasteiger partial charge >= 0.3 is 0 Å². The summed E-state index contributed by atoms with van der Waals surface area (Å²) >= 11 is 0. The first-order valence-electron chi connectivity index (χ1n) is 4.92. The van der Waals surface area contributed by atoms with Gasteiger partial charge in [-0.2, -0.15) is 5.48 Å². The van der Waals surface area contributed by atoms with E-state index in [1.165, 1.54) is 5.56 Å². The van der Waals surface area contributed by atoms with Crippen molar-refractivity contribution in [3.63, 3.8) is 0 Å². The van der Waals surface area contributed by atoms with Crippen LogP contribution in [0.25, 0.3) is 0 Å². The number of rotatable bonds is 2. The van der Waals surface area contributed by atoms with Crippen LogP contribution in [0.3, 0.4) is 0 Å². The average Bonchev–Trinajstić information content (AvgIpc) is 2.42. The van der Waals surface area contributed by atoms with E-state index in [0.717, 1.165) is 25.2 Å². The minimum absolute atomic E-state index is 0.249. The molecule has 0 saturated carbocycles. The van der Waals surface area contributed by atoms with Crippen molar-refractivity contribution in [1.82, 2.24) is 5.48 Å². The van der Waals surface area contributed by atoms with Crippen LogP contribution >= 0.6 is 0 Å². The molecule has 3 heteroatoms. The molecular formula is C11H15NO2. The van der Waals surface area contributed by atoms with Crippen molar-refractivity contribution in [1.29, 1.82) is 0 Å². The largest absolute Gasteiger partial charge is 0.493 e. The maximum absolute atomic E-state index is 5.63. The molecule has 0 saturated heterocycles. The number of hydrogen-bond acceptors (Lipinski definition) is 3. The number of fused-ring (bicyclic) bond motifs is 1. The molecule has 1 aromatic carbocycles. The molecule has 1 aliphatic heterocycles. The van der Waals surface area contributed by atoms with E-state index >= 15 is 0 Å². The molecule has 0 fully saturated rings. The number of hydrogen-bond donors (Lipinski definition) is 1. The van der Waals surface area contributed by atoms with E-state index in [1.54, 1.807) is 7.11 Å². The third-order valence-corrected chi connectivity index (χ3v) is 2.45. The van der Waals surface area contributed by atoms with Gasteiger partial charge in [-0.1, -0.05) is 18.2 Å². The number of hydroxylamine groups is 1. The Hall–Kier alpha value is -1.06. The van der Waals surface area contributed by atoms with E-state index < -0.39 is 0 Å². The molecule has 1 aliphatic rings. The topological polar surface area (TPSA) is 30.5 Å². The van der Waals surface area contributed by atoms with E-state index in [1.807, 2.05) is 18.2 Å². The summed E-state index contributed by atoms with van der Waals surface area (Å²) in [5.41, 5.74) is 4.19. The lowest BCUT2D eigenvalue weighted by Crippen LogP contribution is -2.19. The fourth-order valence-corrected chi connectivity index (χ4v) is 1.79. The lowest BCUT2D eigenvalue weighted by Gasteiger charge is -2.16. The predicted octanol–water partition coefficient (Wildman–Crippen LogP) is 2.05. The third kappa shape index (κ3) is 1.89. The van der Waals surface area contributed by atoms with Gasteiger partial charge in [-0.3, -0.25) is 0 Å². The van der Waals surface area contributed by atoms with Gasteiger partial charge in [0.05, 0.1) is 19.8 Å². The maximum Gasteiger partial charge on any atom is 0.124 e. The molecule has 76 valence electrons. The zero-order chi connectivity index (χ0) is 9.80. The lowest BCUT2D eigenvalue weighted by atomic mass is 10.0. The Balaban J connectivity index is 2.27. The highest BCUT2D eigenvalue weighted by atomic mass is 16.6. The summed E-state index contributed by atoms with van der Waals surface area (Å²) in [6.07, 6.45) is 2.10. The predicted molar refractivity (Wildman–Crippen MR) is 54.1 cm³/mol. The molecule has 1 N–H and O–H groups in total. The summed E-state index contributed by atoms with van der Waals surface area (Å²) in [5.74, 6) is 0.972. The first-order chi connectivity index (χ1) is 6.92. The van der Waals surface area contributed by atoms with E-state index in [9.17, 15) is 0 Å². The van der Waals surface area contributed by atoms with Gasteiger partial charge in [-0.25, -0.2) is 0 Å². The Labute approximate surface area is 84.0 Å². The van der Waals surface area contributed by atoms with Crippen molar-refractivity contribution in [2.75, 3.05) is 13.7 Å². The number of ether oxygens (including phenoxy) is 1. The molecule has 0 radical (unpaired) electrons. The van der Waals surface area contributed by atoms with E-state index in [-0.39, 0.29) is 6.04 Å². The molecule has 2 rings (SSSR count). The van der Waals surface area contributed by atoms with Crippen LogP contribution in [-0.2, 0) is 4.84 Å². The summed E-state index contributed by atoms with van der Waals surface area (Å²) in [7, 11) is 1.65. The molecule has 0 unspecified atom stereocenters. The van der Waals surface area contributed by atoms with Gasteiger partial charge in [0, 0.05) is 5.56 Å². The zero-order valence-corrected chi connectivity index (χ0v) is 8.32. The van der Waals surface area contributed by atoms with E-state index in [4.69, 9.17) is 9.57 Å². The minimum Gasteiger partial charge on any atom is -0.493 e. The van der Waals surface area contributed by atoms with Crippen molar-refractivity contribution in [3.8, 4) is 5.75 Å². The fraction of sp³-hybridized carbons (Fsp3) is 0.455. The van der Waals surface area contributed by atoms with Crippen LogP contribution in [0.2, 0.25) is 0 Å². The SMILES string of the molecule is CON[C@@H]1CCCOc2ccccc21. The quantitative estimate of drug-likeness (QED) is 0.729. The average molecular weight is 193 g/mol. The highest BCUT2D eigenvalue weighted by Crippen LogP contribution is 2.30. The second-order valence-corrected chi connectivity index (χ2v) is 3.40. The van der Waals surface area contributed by atoms with Gasteiger partial charge in [-0.15, -0.1) is 0 Å². The normalized spacial score (nSPS) is 20.8. The highest BCUT2D eigenvalue weighted by molar-refractivity contribution is 5.36. The Morgan fingerprint density at radius 2 is 2.29 bits per heavy atom. The van der Waals surface area contributed by atoms with Gasteiger partial charge in [0.1, 0.15) is 5.75 Å². The van der Waals surface area contributed by atoms with Crippen LogP contribution in [0.15, 0.2) is 24.3 Å². The van der Waals surface area contributed by atoms with Crippen molar-refractivity contribution < 1.29 is 9.57 Å². The van der Waals surface area contributed by atoms with Crippen LogP contribution in [0.5, 0.6) is 5.75 Å². The molecule has 0 amide bonds. The summed E-state index contributed by atoms with van der Waals surface area (Å²) < 4.78 is 5.63. The number of benzene rings is 1. The first-order valence-corrected chi connectivity index (χ1v) is 4.92. The van der Waals surface area contributed by atoms with Crippen molar-refractivity contribution >= 4 is 0 Å². The van der Waals surface area contributed by atoms with Gasteiger partial charge in [0.2, 0.25) is 0 Å². The molecular weight excluding hydrogens is 178 g/mol. The third-order valence-electron chi connectivity index (χ3n) is 2.45. The second-order valence-electron chi connectivity index (χ2n) is 3.40. The van der Waals surface area contributed by atoms with Crippen LogP contribution in [0.4, 0.5) is 0 Å². The first kappa shape index (κ1) is 9.49. The summed E-state index contributed by atoms with van der Waals surface area (Å²) in [4.78, 5) is 4.99. The van der Waals surface area contributed by atoms with Gasteiger partial charge in [0.25, 0.3) is 0 Å². The molecule has 0 spiro atoms. The molecule has 0 aromatic heterocycles. The Morgan fingerprint density at radius 3 is 3.14 bits per heavy atom. The van der Waals surface area contributed by atoms with Crippen molar-refractivity contribution in [2.45, 2.75) is 18.9 Å². The smallest absolute Gasteiger partial charge is 0.124 e. The monoisotopic (exact) mass is 193 g/mol. The maximum atomic E-state index is 5.63. The van der Waals surface area contributed by atoms with Crippen LogP contribution < -0.4 is 10.2 Å². The van der Waals surface area contributed by atoms with Crippen LogP contribution in [0.1, 0.15) is 24.4 Å². The van der Waals surface area contributed by atoms with Crippen LogP contribution in [-0.4, -0.2) is 13.7 Å². The number of nitrogens with one attached hydrogen (secondary N) is 1. The van der Waals surface area contributed by atoms with Gasteiger partial charge in [0.15, 0.2) is 0 Å². The number of para-hydroxylation sites is 1. The fourth-order valence-electron chi connectivity index (χ4n) is 1.79. The van der Waals surface area contributed by atoms with E-state index in [0.29, 0.717) is 0 Å². The Morgan fingerprint density at radius 1 is 1.43 bits per heavy atom. The summed E-state index contributed by atoms with van der Waals surface area (Å²) in [6, 6.07) is 8.35. The molecule has 14 heavy (non-hydrogen) atoms. The van der Waals surface area contributed by atoms with Crippen molar-refractivity contribution in [2.24, 2.45) is 0 Å². The molecule has 3 nitrogen and oxygen atoms in total.